The molecule has 0 saturated carbocycles. The van der Waals surface area contributed by atoms with Crippen molar-refractivity contribution in [3.05, 3.63) is 15.8 Å². The smallest absolute Gasteiger partial charge is 0.242 e. The Labute approximate surface area is 112 Å². The predicted molar refractivity (Wildman–Crippen MR) is 73.2 cm³/mol. The zero-order valence-electron chi connectivity index (χ0n) is 10.9. The Bertz CT molecular complexity index is 482. The molecular weight excluding hydrogens is 272 g/mol. The van der Waals surface area contributed by atoms with Crippen molar-refractivity contribution in [3.63, 3.8) is 0 Å². The molecule has 1 atom stereocenters. The SMILES string of the molecule is CCC(COC)NS(=O)(=O)c1cc(CN)sc1C. The Morgan fingerprint density at radius 1 is 1.56 bits per heavy atom. The monoisotopic (exact) mass is 292 g/mol. The molecule has 0 aliphatic carbocycles. The molecule has 0 spiro atoms. The van der Waals surface area contributed by atoms with Gasteiger partial charge in [-0.3, -0.25) is 0 Å². The van der Waals surface area contributed by atoms with Crippen LogP contribution < -0.4 is 10.5 Å². The second kappa shape index (κ2) is 6.63. The summed E-state index contributed by atoms with van der Waals surface area (Å²) in [7, 11) is -1.93. The zero-order chi connectivity index (χ0) is 13.8. The van der Waals surface area contributed by atoms with Crippen LogP contribution in [0, 0.1) is 6.92 Å². The van der Waals surface area contributed by atoms with Gasteiger partial charge in [0.1, 0.15) is 0 Å². The molecule has 104 valence electrons. The van der Waals surface area contributed by atoms with E-state index in [0.717, 1.165) is 9.75 Å². The lowest BCUT2D eigenvalue weighted by Gasteiger charge is -2.15. The van der Waals surface area contributed by atoms with Crippen molar-refractivity contribution in [1.29, 1.82) is 0 Å². The second-order valence-electron chi connectivity index (χ2n) is 4.02. The molecule has 0 amide bonds. The number of thiophene rings is 1. The number of methoxy groups -OCH3 is 1. The van der Waals surface area contributed by atoms with Crippen LogP contribution in [0.2, 0.25) is 0 Å². The summed E-state index contributed by atoms with van der Waals surface area (Å²) < 4.78 is 32.1. The molecule has 1 aromatic rings. The first-order chi connectivity index (χ1) is 8.44. The first kappa shape index (κ1) is 15.6. The van der Waals surface area contributed by atoms with Crippen LogP contribution >= 0.6 is 11.3 Å². The van der Waals surface area contributed by atoms with Crippen molar-refractivity contribution in [3.8, 4) is 0 Å². The molecule has 1 heterocycles. The lowest BCUT2D eigenvalue weighted by Crippen LogP contribution is -2.37. The van der Waals surface area contributed by atoms with Crippen LogP contribution in [-0.2, 0) is 21.3 Å². The minimum Gasteiger partial charge on any atom is -0.383 e. The number of ether oxygens (including phenoxy) is 1. The number of sulfonamides is 1. The predicted octanol–water partition coefficient (Wildman–Crippen LogP) is 1.22. The molecule has 7 heteroatoms. The van der Waals surface area contributed by atoms with E-state index in [1.165, 1.54) is 11.3 Å². The van der Waals surface area contributed by atoms with Gasteiger partial charge in [0, 0.05) is 29.5 Å². The van der Waals surface area contributed by atoms with E-state index in [4.69, 9.17) is 10.5 Å². The van der Waals surface area contributed by atoms with E-state index in [0.29, 0.717) is 24.5 Å². The number of nitrogens with two attached hydrogens (primary N) is 1. The molecule has 0 fully saturated rings. The van der Waals surface area contributed by atoms with Crippen LogP contribution in [0.15, 0.2) is 11.0 Å². The number of aryl methyl sites for hydroxylation is 1. The first-order valence-corrected chi connectivity index (χ1v) is 8.05. The van der Waals surface area contributed by atoms with Crippen molar-refractivity contribution in [2.24, 2.45) is 5.73 Å². The summed E-state index contributed by atoms with van der Waals surface area (Å²) >= 11 is 1.41. The molecule has 0 saturated heterocycles. The quantitative estimate of drug-likeness (QED) is 0.791. The van der Waals surface area contributed by atoms with Crippen LogP contribution in [0.3, 0.4) is 0 Å². The summed E-state index contributed by atoms with van der Waals surface area (Å²) in [6.45, 7) is 4.42. The second-order valence-corrected chi connectivity index (χ2v) is 7.04. The third kappa shape index (κ3) is 3.76. The largest absolute Gasteiger partial charge is 0.383 e. The standard InChI is InChI=1S/C11H20N2O3S2/c1-4-9(7-16-3)13-18(14,15)11-5-10(6-12)17-8(11)2/h5,9,13H,4,6-7,12H2,1-3H3. The number of hydrogen-bond donors (Lipinski definition) is 2. The fourth-order valence-electron chi connectivity index (χ4n) is 1.61. The summed E-state index contributed by atoms with van der Waals surface area (Å²) in [5, 5.41) is 0. The van der Waals surface area contributed by atoms with Gasteiger partial charge >= 0.3 is 0 Å². The van der Waals surface area contributed by atoms with Crippen molar-refractivity contribution < 1.29 is 13.2 Å². The average molecular weight is 292 g/mol. The van der Waals surface area contributed by atoms with Gasteiger partial charge in [-0.1, -0.05) is 6.92 Å². The third-order valence-corrected chi connectivity index (χ3v) is 5.45. The minimum atomic E-state index is -3.49. The summed E-state index contributed by atoms with van der Waals surface area (Å²) in [5.41, 5.74) is 5.53. The Kier molecular flexibility index (Phi) is 5.74. The summed E-state index contributed by atoms with van der Waals surface area (Å²) in [6.07, 6.45) is 0.681. The molecule has 1 unspecified atom stereocenters. The Morgan fingerprint density at radius 2 is 2.22 bits per heavy atom. The third-order valence-electron chi connectivity index (χ3n) is 2.60. The fraction of sp³-hybridized carbons (Fsp3) is 0.636. The molecule has 1 rings (SSSR count). The molecule has 5 nitrogen and oxygen atoms in total. The molecule has 0 aromatic carbocycles. The van der Waals surface area contributed by atoms with E-state index >= 15 is 0 Å². The summed E-state index contributed by atoms with van der Waals surface area (Å²) in [6, 6.07) is 1.43. The lowest BCUT2D eigenvalue weighted by molar-refractivity contribution is 0.173. The van der Waals surface area contributed by atoms with Crippen LogP contribution in [0.1, 0.15) is 23.1 Å². The van der Waals surface area contributed by atoms with Crippen molar-refractivity contribution in [2.75, 3.05) is 13.7 Å². The Morgan fingerprint density at radius 3 is 2.67 bits per heavy atom. The maximum atomic E-state index is 12.2. The van der Waals surface area contributed by atoms with Gasteiger partial charge in [0.25, 0.3) is 0 Å². The van der Waals surface area contributed by atoms with E-state index in [1.807, 2.05) is 6.92 Å². The topological polar surface area (TPSA) is 81.4 Å². The normalized spacial score (nSPS) is 13.8. The van der Waals surface area contributed by atoms with Gasteiger partial charge in [0.05, 0.1) is 11.5 Å². The highest BCUT2D eigenvalue weighted by atomic mass is 32.2. The molecular formula is C11H20N2O3S2. The van der Waals surface area contributed by atoms with Gasteiger partial charge in [0.2, 0.25) is 10.0 Å². The van der Waals surface area contributed by atoms with Crippen molar-refractivity contribution in [1.82, 2.24) is 4.72 Å². The number of hydrogen-bond acceptors (Lipinski definition) is 5. The average Bonchev–Trinajstić information content (AvgIpc) is 2.70. The van der Waals surface area contributed by atoms with E-state index < -0.39 is 10.0 Å². The van der Waals surface area contributed by atoms with E-state index in [2.05, 4.69) is 4.72 Å². The van der Waals surface area contributed by atoms with Gasteiger partial charge in [-0.15, -0.1) is 11.3 Å². The fourth-order valence-corrected chi connectivity index (χ4v) is 4.43. The molecule has 0 aliphatic rings. The highest BCUT2D eigenvalue weighted by Gasteiger charge is 2.22. The molecule has 18 heavy (non-hydrogen) atoms. The van der Waals surface area contributed by atoms with Crippen LogP contribution in [0.5, 0.6) is 0 Å². The first-order valence-electron chi connectivity index (χ1n) is 5.75. The van der Waals surface area contributed by atoms with Gasteiger partial charge in [-0.25, -0.2) is 13.1 Å². The summed E-state index contributed by atoms with van der Waals surface area (Å²) in [4.78, 5) is 1.95. The van der Waals surface area contributed by atoms with Gasteiger partial charge in [0.15, 0.2) is 0 Å². The maximum absolute atomic E-state index is 12.2. The summed E-state index contributed by atoms with van der Waals surface area (Å²) in [5.74, 6) is 0. The zero-order valence-corrected chi connectivity index (χ0v) is 12.5. The van der Waals surface area contributed by atoms with Crippen LogP contribution in [0.4, 0.5) is 0 Å². The number of rotatable bonds is 7. The van der Waals surface area contributed by atoms with E-state index in [-0.39, 0.29) is 6.04 Å². The highest BCUT2D eigenvalue weighted by Crippen LogP contribution is 2.25. The molecule has 0 aliphatic heterocycles. The van der Waals surface area contributed by atoms with Crippen molar-refractivity contribution in [2.45, 2.75) is 37.8 Å². The lowest BCUT2D eigenvalue weighted by atomic mass is 10.3. The Hall–Kier alpha value is -0.470. The van der Waals surface area contributed by atoms with Crippen LogP contribution in [0.25, 0.3) is 0 Å². The maximum Gasteiger partial charge on any atom is 0.242 e. The molecule has 0 bridgehead atoms. The van der Waals surface area contributed by atoms with Crippen LogP contribution in [-0.4, -0.2) is 28.2 Å². The van der Waals surface area contributed by atoms with Gasteiger partial charge in [-0.2, -0.15) is 0 Å². The number of nitrogens with one attached hydrogen (secondary N) is 1. The molecule has 3 N–H and O–H groups in total. The minimum absolute atomic E-state index is 0.208. The molecule has 0 radical (unpaired) electrons. The molecule has 1 aromatic heterocycles. The van der Waals surface area contributed by atoms with E-state index in [9.17, 15) is 8.42 Å². The highest BCUT2D eigenvalue weighted by molar-refractivity contribution is 7.89. The Balaban J connectivity index is 2.94. The van der Waals surface area contributed by atoms with E-state index in [1.54, 1.807) is 20.1 Å². The van der Waals surface area contributed by atoms with Gasteiger partial charge in [-0.05, 0) is 19.4 Å². The van der Waals surface area contributed by atoms with Crippen molar-refractivity contribution >= 4 is 21.4 Å². The van der Waals surface area contributed by atoms with Gasteiger partial charge < -0.3 is 10.5 Å².